The molecule has 0 aliphatic heterocycles. The summed E-state index contributed by atoms with van der Waals surface area (Å²) in [5.74, 6) is 2.19. The summed E-state index contributed by atoms with van der Waals surface area (Å²) in [6.45, 7) is 19.7. The van der Waals surface area contributed by atoms with Crippen LogP contribution in [0.25, 0.3) is 72.6 Å². The first-order chi connectivity index (χ1) is 34.2. The molecule has 0 saturated carbocycles. The summed E-state index contributed by atoms with van der Waals surface area (Å²) in [5.41, 5.74) is 8.76. The second kappa shape index (κ2) is 18.0. The van der Waals surface area contributed by atoms with Gasteiger partial charge in [0.1, 0.15) is 5.82 Å². The van der Waals surface area contributed by atoms with E-state index in [9.17, 15) is 2.74 Å². The number of para-hydroxylation sites is 2. The summed E-state index contributed by atoms with van der Waals surface area (Å²) in [5, 5.41) is 7.31. The largest absolute Gasteiger partial charge is 0.510 e. The first kappa shape index (κ1) is 40.2. The van der Waals surface area contributed by atoms with Crippen LogP contribution in [-0.4, -0.2) is 19.3 Å². The third kappa shape index (κ3) is 8.98. The minimum Gasteiger partial charge on any atom is -0.510 e. The van der Waals surface area contributed by atoms with Crippen molar-refractivity contribution in [3.05, 3.63) is 205 Å². The molecular weight excluding hydrogens is 1010 g/mol. The molecule has 10 rings (SSSR count). The minimum atomic E-state index is -0.461. The Kier molecular flexibility index (Phi) is 10.6. The summed E-state index contributed by atoms with van der Waals surface area (Å²) in [6, 6.07) is 49.2. The molecule has 7 heteroatoms. The minimum absolute atomic E-state index is 0. The molecule has 3 aromatic heterocycles. The van der Waals surface area contributed by atoms with Gasteiger partial charge in [0.15, 0.2) is 0 Å². The van der Waals surface area contributed by atoms with Crippen LogP contribution in [0.15, 0.2) is 170 Å². The molecular formula is C61H55N5OPt-2. The Morgan fingerprint density at radius 3 is 1.93 bits per heavy atom. The van der Waals surface area contributed by atoms with E-state index in [0.717, 1.165) is 55.4 Å². The molecule has 6 nitrogen and oxygen atoms in total. The van der Waals surface area contributed by atoms with E-state index in [-0.39, 0.29) is 55.0 Å². The van der Waals surface area contributed by atoms with Crippen LogP contribution in [0.3, 0.4) is 0 Å². The van der Waals surface area contributed by atoms with Crippen LogP contribution in [0.1, 0.15) is 85.9 Å². The fourth-order valence-electron chi connectivity index (χ4n) is 8.51. The summed E-state index contributed by atoms with van der Waals surface area (Å²) >= 11 is 0. The Morgan fingerprint density at radius 2 is 1.22 bits per heavy atom. The zero-order valence-corrected chi connectivity index (χ0v) is 42.0. The molecule has 0 aliphatic carbocycles. The molecule has 68 heavy (non-hydrogen) atoms. The third-order valence-corrected chi connectivity index (χ3v) is 12.2. The maximum absolute atomic E-state index is 9.23. The summed E-state index contributed by atoms with van der Waals surface area (Å²) < 4.78 is 56.6. The van der Waals surface area contributed by atoms with Crippen molar-refractivity contribution in [2.45, 2.75) is 78.6 Å². The van der Waals surface area contributed by atoms with Crippen molar-refractivity contribution in [3.63, 3.8) is 0 Å². The van der Waals surface area contributed by atoms with Crippen molar-refractivity contribution in [1.82, 2.24) is 19.3 Å². The number of ether oxygens (including phenoxy) is 1. The van der Waals surface area contributed by atoms with Gasteiger partial charge in [-0.2, -0.15) is 22.9 Å². The molecule has 0 aliphatic rings. The van der Waals surface area contributed by atoms with Crippen LogP contribution in [0.2, 0.25) is 0 Å². The maximum Gasteiger partial charge on any atom is 0.231 e. The smallest absolute Gasteiger partial charge is 0.231 e. The van der Waals surface area contributed by atoms with Crippen LogP contribution in [0.4, 0.5) is 0 Å². The Bertz CT molecular complexity index is 3690. The van der Waals surface area contributed by atoms with E-state index in [1.54, 1.807) is 4.68 Å². The predicted molar refractivity (Wildman–Crippen MR) is 273 cm³/mol. The number of hydrogen-bond acceptors (Lipinski definition) is 3. The molecule has 10 aromatic rings. The Balaban J connectivity index is 0.00000656. The van der Waals surface area contributed by atoms with Gasteiger partial charge in [0.2, 0.25) is 12.2 Å². The van der Waals surface area contributed by atoms with E-state index in [4.69, 9.17) is 18.9 Å². The fourth-order valence-corrected chi connectivity index (χ4v) is 8.51. The van der Waals surface area contributed by atoms with E-state index in [1.807, 2.05) is 95.7 Å². The summed E-state index contributed by atoms with van der Waals surface area (Å²) in [7, 11) is 0. The van der Waals surface area contributed by atoms with Gasteiger partial charge in [-0.3, -0.25) is 0 Å². The van der Waals surface area contributed by atoms with Crippen molar-refractivity contribution in [2.75, 3.05) is 0 Å². The molecule has 7 aromatic carbocycles. The molecule has 342 valence electrons. The second-order valence-electron chi connectivity index (χ2n) is 20.1. The van der Waals surface area contributed by atoms with Gasteiger partial charge in [-0.1, -0.05) is 183 Å². The zero-order chi connectivity index (χ0) is 51.0. The van der Waals surface area contributed by atoms with Crippen LogP contribution in [0.5, 0.6) is 11.5 Å². The van der Waals surface area contributed by atoms with Gasteiger partial charge in [-0.25, -0.2) is 4.98 Å². The van der Waals surface area contributed by atoms with E-state index in [1.165, 1.54) is 5.56 Å². The first-order valence-corrected chi connectivity index (χ1v) is 22.7. The molecule has 0 unspecified atom stereocenters. The Hall–Kier alpha value is -6.88. The van der Waals surface area contributed by atoms with Crippen LogP contribution < -0.4 is 9.30 Å². The molecule has 0 saturated heterocycles. The molecule has 0 spiro atoms. The number of aromatic nitrogens is 5. The number of pyridine rings is 1. The first-order valence-electron chi connectivity index (χ1n) is 25.2. The maximum atomic E-state index is 9.23. The molecule has 0 fully saturated rings. The van der Waals surface area contributed by atoms with Gasteiger partial charge in [-0.15, -0.1) is 29.7 Å². The van der Waals surface area contributed by atoms with Gasteiger partial charge in [0.25, 0.3) is 0 Å². The molecule has 0 radical (unpaired) electrons. The van der Waals surface area contributed by atoms with Gasteiger partial charge in [-0.05, 0) is 89.6 Å². The number of benzene rings is 7. The fraction of sp³-hybridized carbons (Fsp3) is 0.197. The standard InChI is InChI=1S/C61H55N5O.Pt/c1-59(2,3)44-32-33-62-56(37-44)66-54-29-17-16-26-52(54)53-31-30-49(39-55(53)66)67-48-25-18-24-47(38-48)65-40-64(58(63-65)42-22-14-11-15-23-42)57-50(41-20-12-10-13-21-41)27-19-28-51(57)43-34-45(60(4,5)6)36-46(35-43)61(7,8)9;/h10-37H,1-9H3;/q-2;/i10D,12D,13D,20D,21D;. The van der Waals surface area contributed by atoms with Crippen molar-refractivity contribution < 1.29 is 37.2 Å². The average molecular weight is 1070 g/mol. The van der Waals surface area contributed by atoms with Crippen molar-refractivity contribution in [3.8, 4) is 62.3 Å². The topological polar surface area (TPSA) is 48.8 Å². The molecule has 0 atom stereocenters. The van der Waals surface area contributed by atoms with E-state index in [2.05, 4.69) is 134 Å². The molecule has 0 N–H and O–H groups in total. The van der Waals surface area contributed by atoms with Crippen molar-refractivity contribution in [2.24, 2.45) is 0 Å². The van der Waals surface area contributed by atoms with Gasteiger partial charge >= 0.3 is 0 Å². The van der Waals surface area contributed by atoms with Crippen molar-refractivity contribution in [1.29, 1.82) is 0 Å². The second-order valence-corrected chi connectivity index (χ2v) is 20.1. The Morgan fingerprint density at radius 1 is 0.574 bits per heavy atom. The van der Waals surface area contributed by atoms with E-state index >= 15 is 0 Å². The number of nitrogens with zero attached hydrogens (tertiary/aromatic N) is 5. The molecule has 3 heterocycles. The number of fused-ring (bicyclic) bond motifs is 3. The van der Waals surface area contributed by atoms with Crippen LogP contribution in [-0.2, 0) is 37.3 Å². The molecule has 0 amide bonds. The van der Waals surface area contributed by atoms with Crippen LogP contribution >= 0.6 is 0 Å². The zero-order valence-electron chi connectivity index (χ0n) is 44.7. The quantitative estimate of drug-likeness (QED) is 0.113. The monoisotopic (exact) mass is 1070 g/mol. The van der Waals surface area contributed by atoms with Crippen molar-refractivity contribution >= 4 is 21.8 Å². The normalized spacial score (nSPS) is 13.1. The molecule has 0 bridgehead atoms. The van der Waals surface area contributed by atoms with Gasteiger partial charge in [0.05, 0.1) is 6.85 Å². The Labute approximate surface area is 422 Å². The third-order valence-electron chi connectivity index (χ3n) is 12.2. The van der Waals surface area contributed by atoms with E-state index < -0.39 is 18.1 Å². The van der Waals surface area contributed by atoms with E-state index in [0.29, 0.717) is 34.3 Å². The predicted octanol–water partition coefficient (Wildman–Crippen LogP) is 14.7. The number of hydrogen-bond donors (Lipinski definition) is 0. The average Bonchev–Trinajstić information content (AvgIpc) is 3.94. The summed E-state index contributed by atoms with van der Waals surface area (Å²) in [4.78, 5) is 4.84. The van der Waals surface area contributed by atoms with Gasteiger partial charge in [0, 0.05) is 55.5 Å². The van der Waals surface area contributed by atoms with Crippen LogP contribution in [0, 0.1) is 18.5 Å². The van der Waals surface area contributed by atoms with Gasteiger partial charge < -0.3 is 13.9 Å². The number of rotatable bonds is 8. The SMILES string of the molecule is [2H]c1c([2H])c([2H])c(-c2cccc(-c3cc(C(C)(C)C)cc(C(C)(C)C)c3)c2-[n+]2[c-]n(-c3[c-]c(Oc4[c-]c5c(cc4)c4ccccc4n5-c4cc(C(C)(C)C)ccn4)ccc3)nc2-c2ccccc2)c([2H])c1[2H].[Pt]. The summed E-state index contributed by atoms with van der Waals surface area (Å²) in [6.07, 6.45) is 5.40.